The van der Waals surface area contributed by atoms with Crippen molar-refractivity contribution in [2.75, 3.05) is 20.2 Å². The van der Waals surface area contributed by atoms with Gasteiger partial charge in [-0.2, -0.15) is 0 Å². The minimum Gasteiger partial charge on any atom is -0.481 e. The van der Waals surface area contributed by atoms with Crippen molar-refractivity contribution in [3.8, 4) is 5.88 Å². The lowest BCUT2D eigenvalue weighted by atomic mass is 9.75. The van der Waals surface area contributed by atoms with E-state index in [1.165, 1.54) is 0 Å². The Morgan fingerprint density at radius 2 is 2.24 bits per heavy atom. The third-order valence-electron chi connectivity index (χ3n) is 5.02. The lowest BCUT2D eigenvalue weighted by Gasteiger charge is -2.38. The number of likely N-dealkylation sites (tertiary alicyclic amines) is 1. The predicted molar refractivity (Wildman–Crippen MR) is 90.8 cm³/mol. The zero-order chi connectivity index (χ0) is 17.8. The largest absolute Gasteiger partial charge is 0.481 e. The molecule has 7 heteroatoms. The van der Waals surface area contributed by atoms with Gasteiger partial charge in [-0.15, -0.1) is 0 Å². The van der Waals surface area contributed by atoms with E-state index >= 15 is 0 Å². The van der Waals surface area contributed by atoms with E-state index in [-0.39, 0.29) is 36.4 Å². The van der Waals surface area contributed by atoms with Crippen LogP contribution in [0.5, 0.6) is 5.88 Å². The second-order valence-corrected chi connectivity index (χ2v) is 6.84. The summed E-state index contributed by atoms with van der Waals surface area (Å²) >= 11 is 0. The molecule has 136 valence electrons. The number of amides is 2. The van der Waals surface area contributed by atoms with Gasteiger partial charge >= 0.3 is 0 Å². The topological polar surface area (TPSA) is 91.8 Å². The molecule has 1 aliphatic carbocycles. The maximum Gasteiger partial charge on any atom is 0.240 e. The van der Waals surface area contributed by atoms with Crippen molar-refractivity contribution >= 4 is 11.8 Å². The first-order chi connectivity index (χ1) is 12.1. The molecule has 1 atom stereocenters. The maximum absolute atomic E-state index is 12.5. The van der Waals surface area contributed by atoms with E-state index in [4.69, 9.17) is 4.74 Å². The average molecular weight is 347 g/mol. The van der Waals surface area contributed by atoms with Gasteiger partial charge in [-0.05, 0) is 37.2 Å². The molecule has 1 saturated heterocycles. The molecule has 2 N–H and O–H groups in total. The summed E-state index contributed by atoms with van der Waals surface area (Å²) in [6.45, 7) is 0.733. The van der Waals surface area contributed by atoms with Crippen molar-refractivity contribution < 1.29 is 19.4 Å². The smallest absolute Gasteiger partial charge is 0.240 e. The summed E-state index contributed by atoms with van der Waals surface area (Å²) in [5.74, 6) is 0.563. The number of pyridine rings is 1. The molecule has 0 radical (unpaired) electrons. The zero-order valence-electron chi connectivity index (χ0n) is 14.5. The number of ether oxygens (including phenoxy) is 1. The number of hydrogen-bond acceptors (Lipinski definition) is 5. The summed E-state index contributed by atoms with van der Waals surface area (Å²) < 4.78 is 5.08. The Bertz CT molecular complexity index is 613. The number of nitrogens with one attached hydrogen (secondary N) is 1. The first kappa shape index (κ1) is 17.7. The number of carbonyl (C=O) groups is 2. The molecule has 1 saturated carbocycles. The zero-order valence-corrected chi connectivity index (χ0v) is 14.5. The van der Waals surface area contributed by atoms with Gasteiger partial charge in [0.2, 0.25) is 17.7 Å². The van der Waals surface area contributed by atoms with Crippen molar-refractivity contribution in [3.63, 3.8) is 0 Å². The number of carbonyl (C=O) groups excluding carboxylic acids is 2. The second kappa shape index (κ2) is 7.82. The Hall–Kier alpha value is -2.15. The lowest BCUT2D eigenvalue weighted by molar-refractivity contribution is -0.138. The van der Waals surface area contributed by atoms with Gasteiger partial charge in [0.1, 0.15) is 0 Å². The summed E-state index contributed by atoms with van der Waals surface area (Å²) in [4.78, 5) is 30.2. The first-order valence-electron chi connectivity index (χ1n) is 8.82. The molecular weight excluding hydrogens is 322 g/mol. The van der Waals surface area contributed by atoms with Gasteiger partial charge in [-0.1, -0.05) is 6.07 Å². The van der Waals surface area contributed by atoms with E-state index in [0.717, 1.165) is 18.4 Å². The van der Waals surface area contributed by atoms with Crippen LogP contribution in [-0.4, -0.2) is 53.1 Å². The SMILES string of the molecule is COc1ccc([C@H](NC(=O)CN2CCCCC2=O)C2CC(O)C2)cn1. The lowest BCUT2D eigenvalue weighted by Crippen LogP contribution is -2.47. The standard InChI is InChI=1S/C18H25N3O4/c1-25-16-6-5-12(10-19-16)18(13-8-14(22)9-13)20-15(23)11-21-7-3-2-4-17(21)24/h5-6,10,13-14,18,22H,2-4,7-9,11H2,1H3,(H,20,23)/t13?,14?,18-/m0/s1. The van der Waals surface area contributed by atoms with Crippen LogP contribution >= 0.6 is 0 Å². The third kappa shape index (κ3) is 4.28. The fraction of sp³-hybridized carbons (Fsp3) is 0.611. The van der Waals surface area contributed by atoms with Crippen LogP contribution in [0.4, 0.5) is 0 Å². The van der Waals surface area contributed by atoms with Crippen LogP contribution in [0.25, 0.3) is 0 Å². The van der Waals surface area contributed by atoms with Gasteiger partial charge < -0.3 is 20.1 Å². The van der Waals surface area contributed by atoms with Gasteiger partial charge in [-0.3, -0.25) is 9.59 Å². The Balaban J connectivity index is 1.66. The number of rotatable bonds is 6. The molecule has 1 aliphatic heterocycles. The summed E-state index contributed by atoms with van der Waals surface area (Å²) in [7, 11) is 1.55. The predicted octanol–water partition coefficient (Wildman–Crippen LogP) is 1.03. The normalized spacial score (nSPS) is 24.4. The molecule has 2 fully saturated rings. The van der Waals surface area contributed by atoms with Crippen molar-refractivity contribution in [1.82, 2.24) is 15.2 Å². The van der Waals surface area contributed by atoms with Gasteiger partial charge in [0.05, 0.1) is 25.8 Å². The highest BCUT2D eigenvalue weighted by Gasteiger charge is 2.36. The van der Waals surface area contributed by atoms with Gasteiger partial charge in [0.25, 0.3) is 0 Å². The molecule has 2 aliphatic rings. The average Bonchev–Trinajstić information content (AvgIpc) is 2.59. The van der Waals surface area contributed by atoms with Crippen molar-refractivity contribution in [1.29, 1.82) is 0 Å². The summed E-state index contributed by atoms with van der Waals surface area (Å²) in [6, 6.07) is 3.43. The molecule has 1 aromatic heterocycles. The summed E-state index contributed by atoms with van der Waals surface area (Å²) in [5.41, 5.74) is 0.885. The molecular formula is C18H25N3O4. The van der Waals surface area contributed by atoms with Gasteiger partial charge in [0, 0.05) is 25.2 Å². The molecule has 2 amide bonds. The van der Waals surface area contributed by atoms with Crippen LogP contribution in [-0.2, 0) is 9.59 Å². The number of aliphatic hydroxyl groups is 1. The molecule has 0 bridgehead atoms. The van der Waals surface area contributed by atoms with E-state index in [0.29, 0.717) is 31.7 Å². The van der Waals surface area contributed by atoms with Crippen LogP contribution in [0.3, 0.4) is 0 Å². The number of nitrogens with zero attached hydrogens (tertiary/aromatic N) is 2. The van der Waals surface area contributed by atoms with Crippen LogP contribution in [0.2, 0.25) is 0 Å². The fourth-order valence-electron chi connectivity index (χ4n) is 3.49. The Kier molecular flexibility index (Phi) is 5.53. The summed E-state index contributed by atoms with van der Waals surface area (Å²) in [6.07, 6.45) is 5.06. The number of methoxy groups -OCH3 is 1. The molecule has 0 aromatic carbocycles. The van der Waals surface area contributed by atoms with Crippen LogP contribution in [0.1, 0.15) is 43.7 Å². The first-order valence-corrected chi connectivity index (χ1v) is 8.82. The highest BCUT2D eigenvalue weighted by molar-refractivity contribution is 5.85. The summed E-state index contributed by atoms with van der Waals surface area (Å²) in [5, 5.41) is 12.7. The molecule has 3 rings (SSSR count). The van der Waals surface area contributed by atoms with Crippen LogP contribution in [0.15, 0.2) is 18.3 Å². The molecule has 25 heavy (non-hydrogen) atoms. The molecule has 1 aromatic rings. The van der Waals surface area contributed by atoms with Crippen molar-refractivity contribution in [2.45, 2.75) is 44.2 Å². The quantitative estimate of drug-likeness (QED) is 0.802. The Morgan fingerprint density at radius 3 is 2.84 bits per heavy atom. The highest BCUT2D eigenvalue weighted by atomic mass is 16.5. The third-order valence-corrected chi connectivity index (χ3v) is 5.02. The minimum atomic E-state index is -0.306. The van der Waals surface area contributed by atoms with E-state index in [2.05, 4.69) is 10.3 Å². The van der Waals surface area contributed by atoms with E-state index in [1.807, 2.05) is 6.07 Å². The highest BCUT2D eigenvalue weighted by Crippen LogP contribution is 2.38. The Labute approximate surface area is 147 Å². The van der Waals surface area contributed by atoms with Crippen LogP contribution in [0, 0.1) is 5.92 Å². The van der Waals surface area contributed by atoms with E-state index in [9.17, 15) is 14.7 Å². The van der Waals surface area contributed by atoms with Crippen molar-refractivity contribution in [3.05, 3.63) is 23.9 Å². The molecule has 0 spiro atoms. The molecule has 0 unspecified atom stereocenters. The van der Waals surface area contributed by atoms with Crippen LogP contribution < -0.4 is 10.1 Å². The number of aliphatic hydroxyl groups excluding tert-OH is 1. The van der Waals surface area contributed by atoms with E-state index < -0.39 is 0 Å². The number of aromatic nitrogens is 1. The maximum atomic E-state index is 12.5. The van der Waals surface area contributed by atoms with Crippen molar-refractivity contribution in [2.24, 2.45) is 5.92 Å². The fourth-order valence-corrected chi connectivity index (χ4v) is 3.49. The molecule has 7 nitrogen and oxygen atoms in total. The van der Waals surface area contributed by atoms with Gasteiger partial charge in [-0.25, -0.2) is 4.98 Å². The van der Waals surface area contributed by atoms with Gasteiger partial charge in [0.15, 0.2) is 0 Å². The second-order valence-electron chi connectivity index (χ2n) is 6.84. The van der Waals surface area contributed by atoms with E-state index in [1.54, 1.807) is 24.3 Å². The molecule has 2 heterocycles. The number of hydrogen-bond donors (Lipinski definition) is 2. The minimum absolute atomic E-state index is 0.0446. The Morgan fingerprint density at radius 1 is 1.44 bits per heavy atom. The number of piperidine rings is 1. The monoisotopic (exact) mass is 347 g/mol.